The zero-order chi connectivity index (χ0) is 11.6. The van der Waals surface area contributed by atoms with Crippen molar-refractivity contribution in [2.24, 2.45) is 0 Å². The SMILES string of the molecule is FC(F)(F)CNCC1COc2ccccc21. The van der Waals surface area contributed by atoms with E-state index in [4.69, 9.17) is 4.74 Å². The summed E-state index contributed by atoms with van der Waals surface area (Å²) in [5.41, 5.74) is 0.983. The summed E-state index contributed by atoms with van der Waals surface area (Å²) in [6, 6.07) is 7.44. The maximum atomic E-state index is 11.9. The summed E-state index contributed by atoms with van der Waals surface area (Å²) >= 11 is 0. The summed E-state index contributed by atoms with van der Waals surface area (Å²) in [6.45, 7) is -0.216. The Bertz CT molecular complexity index is 364. The number of para-hydroxylation sites is 1. The summed E-state index contributed by atoms with van der Waals surface area (Å²) < 4.78 is 41.2. The van der Waals surface area contributed by atoms with Crippen LogP contribution in [-0.2, 0) is 0 Å². The number of benzene rings is 1. The Kier molecular flexibility index (Phi) is 3.05. The first kappa shape index (κ1) is 11.3. The van der Waals surface area contributed by atoms with Gasteiger partial charge in [-0.25, -0.2) is 0 Å². The second-order valence-electron chi connectivity index (χ2n) is 3.79. The molecule has 0 amide bonds. The van der Waals surface area contributed by atoms with Crippen molar-refractivity contribution in [2.75, 3.05) is 19.7 Å². The molecular formula is C11H12F3NO. The molecule has 1 N–H and O–H groups in total. The lowest BCUT2D eigenvalue weighted by atomic mass is 10.0. The molecule has 1 heterocycles. The molecule has 1 aromatic rings. The first-order valence-electron chi connectivity index (χ1n) is 5.05. The van der Waals surface area contributed by atoms with E-state index in [2.05, 4.69) is 5.32 Å². The van der Waals surface area contributed by atoms with Gasteiger partial charge in [0.15, 0.2) is 0 Å². The average molecular weight is 231 g/mol. The van der Waals surface area contributed by atoms with Crippen LogP contribution in [0.3, 0.4) is 0 Å². The molecule has 88 valence electrons. The molecule has 0 aromatic heterocycles. The number of rotatable bonds is 3. The minimum absolute atomic E-state index is 0.0125. The zero-order valence-corrected chi connectivity index (χ0v) is 8.55. The molecule has 2 nitrogen and oxygen atoms in total. The second kappa shape index (κ2) is 4.33. The van der Waals surface area contributed by atoms with Gasteiger partial charge < -0.3 is 10.1 Å². The van der Waals surface area contributed by atoms with Gasteiger partial charge in [0.1, 0.15) is 5.75 Å². The largest absolute Gasteiger partial charge is 0.493 e. The van der Waals surface area contributed by atoms with Gasteiger partial charge >= 0.3 is 6.18 Å². The minimum Gasteiger partial charge on any atom is -0.493 e. The number of nitrogens with one attached hydrogen (secondary N) is 1. The van der Waals surface area contributed by atoms with Gasteiger partial charge in [-0.1, -0.05) is 18.2 Å². The molecule has 0 bridgehead atoms. The van der Waals surface area contributed by atoms with E-state index in [-0.39, 0.29) is 12.5 Å². The molecular weight excluding hydrogens is 219 g/mol. The maximum absolute atomic E-state index is 11.9. The van der Waals surface area contributed by atoms with Gasteiger partial charge in [-0.2, -0.15) is 13.2 Å². The van der Waals surface area contributed by atoms with Crippen LogP contribution < -0.4 is 10.1 Å². The van der Waals surface area contributed by atoms with Crippen LogP contribution >= 0.6 is 0 Å². The van der Waals surface area contributed by atoms with Crippen LogP contribution in [0, 0.1) is 0 Å². The number of halogens is 3. The van der Waals surface area contributed by atoms with Crippen molar-refractivity contribution in [3.63, 3.8) is 0 Å². The number of hydrogen-bond acceptors (Lipinski definition) is 2. The van der Waals surface area contributed by atoms with Crippen molar-refractivity contribution >= 4 is 0 Å². The lowest BCUT2D eigenvalue weighted by Crippen LogP contribution is -2.32. The van der Waals surface area contributed by atoms with Crippen LogP contribution in [0.15, 0.2) is 24.3 Å². The van der Waals surface area contributed by atoms with Crippen molar-refractivity contribution in [1.82, 2.24) is 5.32 Å². The standard InChI is InChI=1S/C11H12F3NO/c12-11(13,14)7-15-5-8-6-16-10-4-2-1-3-9(8)10/h1-4,8,15H,5-7H2. The Balaban J connectivity index is 1.89. The van der Waals surface area contributed by atoms with Crippen LogP contribution in [0.2, 0.25) is 0 Å². The van der Waals surface area contributed by atoms with E-state index in [9.17, 15) is 13.2 Å². The maximum Gasteiger partial charge on any atom is 0.401 e. The van der Waals surface area contributed by atoms with Crippen LogP contribution in [0.4, 0.5) is 13.2 Å². The Morgan fingerprint density at radius 1 is 1.31 bits per heavy atom. The van der Waals surface area contributed by atoms with Gasteiger partial charge in [-0.15, -0.1) is 0 Å². The lowest BCUT2D eigenvalue weighted by molar-refractivity contribution is -0.124. The minimum atomic E-state index is -4.15. The highest BCUT2D eigenvalue weighted by Crippen LogP contribution is 2.32. The lowest BCUT2D eigenvalue weighted by Gasteiger charge is -2.12. The fourth-order valence-electron chi connectivity index (χ4n) is 1.79. The third-order valence-electron chi connectivity index (χ3n) is 2.52. The zero-order valence-electron chi connectivity index (χ0n) is 8.55. The first-order valence-corrected chi connectivity index (χ1v) is 5.05. The van der Waals surface area contributed by atoms with Gasteiger partial charge in [-0.3, -0.25) is 0 Å². The van der Waals surface area contributed by atoms with E-state index in [0.29, 0.717) is 6.61 Å². The summed E-state index contributed by atoms with van der Waals surface area (Å²) in [6.07, 6.45) is -4.15. The van der Waals surface area contributed by atoms with E-state index in [1.54, 1.807) is 0 Å². The quantitative estimate of drug-likeness (QED) is 0.861. The highest BCUT2D eigenvalue weighted by molar-refractivity contribution is 5.39. The third kappa shape index (κ3) is 2.66. The predicted octanol–water partition coefficient (Wildman–Crippen LogP) is 2.31. The van der Waals surface area contributed by atoms with Crippen molar-refractivity contribution in [3.05, 3.63) is 29.8 Å². The molecule has 0 saturated carbocycles. The molecule has 1 atom stereocenters. The fourth-order valence-corrected chi connectivity index (χ4v) is 1.79. The molecule has 2 rings (SSSR count). The molecule has 1 aliphatic rings. The fraction of sp³-hybridized carbons (Fsp3) is 0.455. The van der Waals surface area contributed by atoms with Gasteiger partial charge in [-0.05, 0) is 6.07 Å². The van der Waals surface area contributed by atoms with Gasteiger partial charge in [0.05, 0.1) is 13.2 Å². The molecule has 5 heteroatoms. The van der Waals surface area contributed by atoms with E-state index in [1.807, 2.05) is 24.3 Å². The molecule has 0 radical (unpaired) electrons. The molecule has 16 heavy (non-hydrogen) atoms. The Hall–Kier alpha value is -1.23. The summed E-state index contributed by atoms with van der Waals surface area (Å²) in [4.78, 5) is 0. The molecule has 0 saturated heterocycles. The number of fused-ring (bicyclic) bond motifs is 1. The van der Waals surface area contributed by atoms with E-state index in [1.165, 1.54) is 0 Å². The Morgan fingerprint density at radius 3 is 2.81 bits per heavy atom. The average Bonchev–Trinajstić information content (AvgIpc) is 2.60. The predicted molar refractivity (Wildman–Crippen MR) is 53.6 cm³/mol. The van der Waals surface area contributed by atoms with Crippen molar-refractivity contribution in [3.8, 4) is 5.75 Å². The van der Waals surface area contributed by atoms with Gasteiger partial charge in [0.2, 0.25) is 0 Å². The summed E-state index contributed by atoms with van der Waals surface area (Å²) in [5.74, 6) is 0.792. The Morgan fingerprint density at radius 2 is 2.06 bits per heavy atom. The van der Waals surface area contributed by atoms with E-state index in [0.717, 1.165) is 11.3 Å². The number of hydrogen-bond donors (Lipinski definition) is 1. The molecule has 1 unspecified atom stereocenters. The highest BCUT2D eigenvalue weighted by atomic mass is 19.4. The summed E-state index contributed by atoms with van der Waals surface area (Å²) in [7, 11) is 0. The topological polar surface area (TPSA) is 21.3 Å². The first-order chi connectivity index (χ1) is 7.56. The van der Waals surface area contributed by atoms with E-state index < -0.39 is 12.7 Å². The molecule has 1 aliphatic heterocycles. The molecule has 0 aliphatic carbocycles. The summed E-state index contributed by atoms with van der Waals surface area (Å²) in [5, 5.41) is 2.40. The molecule has 1 aromatic carbocycles. The normalized spacial score (nSPS) is 19.3. The monoisotopic (exact) mass is 231 g/mol. The number of alkyl halides is 3. The van der Waals surface area contributed by atoms with Crippen molar-refractivity contribution in [2.45, 2.75) is 12.1 Å². The van der Waals surface area contributed by atoms with Crippen LogP contribution in [0.5, 0.6) is 5.75 Å². The van der Waals surface area contributed by atoms with Gasteiger partial charge in [0, 0.05) is 18.0 Å². The van der Waals surface area contributed by atoms with Crippen LogP contribution in [0.1, 0.15) is 11.5 Å². The molecule has 0 fully saturated rings. The Labute approximate surface area is 91.4 Å². The molecule has 0 spiro atoms. The van der Waals surface area contributed by atoms with E-state index >= 15 is 0 Å². The second-order valence-corrected chi connectivity index (χ2v) is 3.79. The van der Waals surface area contributed by atoms with Crippen molar-refractivity contribution in [1.29, 1.82) is 0 Å². The van der Waals surface area contributed by atoms with Crippen molar-refractivity contribution < 1.29 is 17.9 Å². The van der Waals surface area contributed by atoms with Gasteiger partial charge in [0.25, 0.3) is 0 Å². The number of ether oxygens (including phenoxy) is 1. The smallest absolute Gasteiger partial charge is 0.401 e. The highest BCUT2D eigenvalue weighted by Gasteiger charge is 2.28. The third-order valence-corrected chi connectivity index (χ3v) is 2.52. The van der Waals surface area contributed by atoms with Crippen LogP contribution in [0.25, 0.3) is 0 Å². The van der Waals surface area contributed by atoms with Crippen LogP contribution in [-0.4, -0.2) is 25.9 Å².